The molecule has 0 aromatic carbocycles. The monoisotopic (exact) mass is 391 g/mol. The van der Waals surface area contributed by atoms with Crippen molar-refractivity contribution in [3.05, 3.63) is 40.2 Å². The van der Waals surface area contributed by atoms with Crippen LogP contribution in [0.25, 0.3) is 0 Å². The van der Waals surface area contributed by atoms with Crippen molar-refractivity contribution in [1.29, 1.82) is 0 Å². The fourth-order valence-electron chi connectivity index (χ4n) is 1.68. The molecular formula is C13H14ClN3O3S3. The van der Waals surface area contributed by atoms with Crippen LogP contribution in [0.1, 0.15) is 0 Å². The number of halogens is 1. The van der Waals surface area contributed by atoms with Crippen molar-refractivity contribution >= 4 is 55.8 Å². The van der Waals surface area contributed by atoms with E-state index in [4.69, 9.17) is 11.6 Å². The second-order valence-electron chi connectivity index (χ2n) is 4.67. The Morgan fingerprint density at radius 2 is 2.13 bits per heavy atom. The highest BCUT2D eigenvalue weighted by Crippen LogP contribution is 2.33. The molecule has 0 bridgehead atoms. The van der Waals surface area contributed by atoms with Gasteiger partial charge < -0.3 is 4.90 Å². The predicted octanol–water partition coefficient (Wildman–Crippen LogP) is 2.61. The fourth-order valence-corrected chi connectivity index (χ4v) is 5.39. The number of nitrogens with zero attached hydrogens (tertiary/aromatic N) is 3. The molecule has 1 saturated heterocycles. The summed E-state index contributed by atoms with van der Waals surface area (Å²) in [6.07, 6.45) is 3.14. The van der Waals surface area contributed by atoms with E-state index in [0.717, 1.165) is 23.1 Å². The quantitative estimate of drug-likeness (QED) is 0.570. The van der Waals surface area contributed by atoms with Crippen molar-refractivity contribution in [3.8, 4) is 0 Å². The van der Waals surface area contributed by atoms with Crippen LogP contribution >= 0.6 is 34.7 Å². The van der Waals surface area contributed by atoms with Crippen molar-refractivity contribution in [3.63, 3.8) is 0 Å². The van der Waals surface area contributed by atoms with E-state index in [2.05, 4.69) is 11.0 Å². The van der Waals surface area contributed by atoms with Crippen LogP contribution in [0.2, 0.25) is 4.34 Å². The molecule has 1 aromatic rings. The summed E-state index contributed by atoms with van der Waals surface area (Å²) in [5, 5.41) is 0.104. The van der Waals surface area contributed by atoms with Gasteiger partial charge >= 0.3 is 0 Å². The zero-order chi connectivity index (χ0) is 17.2. The Kier molecular flexibility index (Phi) is 5.56. The Morgan fingerprint density at radius 3 is 2.65 bits per heavy atom. The van der Waals surface area contributed by atoms with Crippen LogP contribution in [0.4, 0.5) is 0 Å². The zero-order valence-corrected chi connectivity index (χ0v) is 15.6. The van der Waals surface area contributed by atoms with Crippen LogP contribution in [0.3, 0.4) is 0 Å². The Hall–Kier alpha value is -1.29. The molecular weight excluding hydrogens is 378 g/mol. The number of thiophene rings is 1. The SMILES string of the molecule is C=CCN1C(=O)/C(=C\N(C)C)S/C1=N/S(=O)(=O)c1ccc(Cl)s1. The molecule has 2 rings (SSSR count). The van der Waals surface area contributed by atoms with Crippen LogP contribution in [-0.4, -0.2) is 49.9 Å². The Morgan fingerprint density at radius 1 is 1.43 bits per heavy atom. The third kappa shape index (κ3) is 4.17. The lowest BCUT2D eigenvalue weighted by atomic mass is 10.4. The van der Waals surface area contributed by atoms with Gasteiger partial charge in [0.15, 0.2) is 5.17 Å². The van der Waals surface area contributed by atoms with Crippen molar-refractivity contribution in [1.82, 2.24) is 9.80 Å². The Labute approximate surface area is 148 Å². The molecule has 23 heavy (non-hydrogen) atoms. The van der Waals surface area contributed by atoms with Crippen LogP contribution in [0, 0.1) is 0 Å². The van der Waals surface area contributed by atoms with E-state index in [1.807, 2.05) is 0 Å². The number of hydrogen-bond donors (Lipinski definition) is 0. The largest absolute Gasteiger partial charge is 0.382 e. The number of hydrogen-bond acceptors (Lipinski definition) is 6. The molecule has 0 N–H and O–H groups in total. The third-order valence-electron chi connectivity index (χ3n) is 2.58. The average Bonchev–Trinajstić information content (AvgIpc) is 2.98. The predicted molar refractivity (Wildman–Crippen MR) is 95.2 cm³/mol. The number of rotatable bonds is 5. The van der Waals surface area contributed by atoms with Gasteiger partial charge in [-0.15, -0.1) is 22.3 Å². The van der Waals surface area contributed by atoms with Gasteiger partial charge in [0.05, 0.1) is 9.24 Å². The van der Waals surface area contributed by atoms with Crippen LogP contribution in [0.15, 0.2) is 44.5 Å². The van der Waals surface area contributed by atoms with Gasteiger partial charge in [-0.25, -0.2) is 0 Å². The summed E-state index contributed by atoms with van der Waals surface area (Å²) < 4.78 is 28.9. The summed E-state index contributed by atoms with van der Waals surface area (Å²) >= 11 is 7.71. The Bertz CT molecular complexity index is 796. The molecule has 1 aliphatic rings. The first kappa shape index (κ1) is 18.1. The molecule has 0 aliphatic carbocycles. The van der Waals surface area contributed by atoms with Crippen LogP contribution in [0.5, 0.6) is 0 Å². The first-order valence-corrected chi connectivity index (χ1v) is 9.79. The lowest BCUT2D eigenvalue weighted by Gasteiger charge is -2.12. The minimum atomic E-state index is -3.92. The summed E-state index contributed by atoms with van der Waals surface area (Å²) in [6, 6.07) is 2.88. The second-order valence-corrected chi connectivity index (χ2v) is 9.23. The van der Waals surface area contributed by atoms with Gasteiger partial charge in [0.1, 0.15) is 4.21 Å². The highest BCUT2D eigenvalue weighted by Gasteiger charge is 2.34. The first-order valence-electron chi connectivity index (χ1n) is 6.34. The molecule has 0 atom stereocenters. The fraction of sp³-hybridized carbons (Fsp3) is 0.231. The number of amides is 1. The van der Waals surface area contributed by atoms with Gasteiger partial charge in [0.25, 0.3) is 15.9 Å². The summed E-state index contributed by atoms with van der Waals surface area (Å²) in [5.41, 5.74) is 0. The molecule has 0 radical (unpaired) electrons. The zero-order valence-electron chi connectivity index (χ0n) is 12.4. The van der Waals surface area contributed by atoms with Crippen molar-refractivity contribution < 1.29 is 13.2 Å². The molecule has 124 valence electrons. The summed E-state index contributed by atoms with van der Waals surface area (Å²) in [5.74, 6) is -0.304. The van der Waals surface area contributed by atoms with E-state index >= 15 is 0 Å². The van der Waals surface area contributed by atoms with Gasteiger partial charge in [-0.3, -0.25) is 9.69 Å². The smallest absolute Gasteiger partial charge is 0.294 e. The molecule has 2 heterocycles. The van der Waals surface area contributed by atoms with Gasteiger partial charge in [-0.05, 0) is 23.9 Å². The molecule has 10 heteroatoms. The van der Waals surface area contributed by atoms with E-state index in [1.165, 1.54) is 23.1 Å². The molecule has 0 unspecified atom stereocenters. The normalized spacial score (nSPS) is 18.9. The molecule has 1 amide bonds. The molecule has 1 fully saturated rings. The van der Waals surface area contributed by atoms with E-state index in [9.17, 15) is 13.2 Å². The van der Waals surface area contributed by atoms with Gasteiger partial charge in [-0.2, -0.15) is 8.42 Å². The summed E-state index contributed by atoms with van der Waals surface area (Å²) in [4.78, 5) is 15.7. The van der Waals surface area contributed by atoms with E-state index < -0.39 is 10.0 Å². The first-order chi connectivity index (χ1) is 10.7. The third-order valence-corrected chi connectivity index (χ3v) is 6.65. The second kappa shape index (κ2) is 7.08. The molecule has 0 spiro atoms. The van der Waals surface area contributed by atoms with E-state index in [0.29, 0.717) is 9.24 Å². The number of carbonyl (C=O) groups excluding carboxylic acids is 1. The number of thioether (sulfide) groups is 1. The maximum absolute atomic E-state index is 12.3. The van der Waals surface area contributed by atoms with Gasteiger partial charge in [-0.1, -0.05) is 17.7 Å². The lowest BCUT2D eigenvalue weighted by Crippen LogP contribution is -2.30. The van der Waals surface area contributed by atoms with E-state index in [-0.39, 0.29) is 21.8 Å². The highest BCUT2D eigenvalue weighted by molar-refractivity contribution is 8.19. The maximum atomic E-state index is 12.3. The van der Waals surface area contributed by atoms with Gasteiger partial charge in [0.2, 0.25) is 0 Å². The number of amidine groups is 1. The van der Waals surface area contributed by atoms with E-state index in [1.54, 1.807) is 25.2 Å². The molecule has 0 saturated carbocycles. The Balaban J connectivity index is 2.43. The molecule has 1 aliphatic heterocycles. The summed E-state index contributed by atoms with van der Waals surface area (Å²) in [6.45, 7) is 3.76. The highest BCUT2D eigenvalue weighted by atomic mass is 35.5. The lowest BCUT2D eigenvalue weighted by molar-refractivity contribution is -0.121. The van der Waals surface area contributed by atoms with Gasteiger partial charge in [0, 0.05) is 26.8 Å². The minimum absolute atomic E-state index is 0.0339. The molecule has 1 aromatic heterocycles. The van der Waals surface area contributed by atoms with Crippen molar-refractivity contribution in [2.24, 2.45) is 4.40 Å². The van der Waals surface area contributed by atoms with Crippen LogP contribution in [-0.2, 0) is 14.8 Å². The number of sulfonamides is 1. The van der Waals surface area contributed by atoms with Crippen molar-refractivity contribution in [2.45, 2.75) is 4.21 Å². The average molecular weight is 392 g/mol. The number of carbonyl (C=O) groups is 1. The standard InChI is InChI=1S/C13H14ClN3O3S3/c1-4-7-17-12(18)9(8-16(2)3)21-13(17)15-23(19,20)11-6-5-10(14)22-11/h4-6,8H,1,7H2,2-3H3/b9-8+,15-13+. The minimum Gasteiger partial charge on any atom is -0.382 e. The van der Waals surface area contributed by atoms with Crippen molar-refractivity contribution in [2.75, 3.05) is 20.6 Å². The topological polar surface area (TPSA) is 70.1 Å². The summed E-state index contributed by atoms with van der Waals surface area (Å²) in [7, 11) is -0.365. The molecule has 6 nitrogen and oxygen atoms in total. The van der Waals surface area contributed by atoms with Crippen LogP contribution < -0.4 is 0 Å². The maximum Gasteiger partial charge on any atom is 0.294 e.